The molecular weight excluding hydrogens is 338 g/mol. The lowest BCUT2D eigenvalue weighted by molar-refractivity contribution is -0.146. The van der Waals surface area contributed by atoms with Crippen molar-refractivity contribution in [2.24, 2.45) is 11.7 Å². The van der Waals surface area contributed by atoms with Crippen molar-refractivity contribution < 1.29 is 23.9 Å². The summed E-state index contributed by atoms with van der Waals surface area (Å²) in [5, 5.41) is 5.33. The Morgan fingerprint density at radius 2 is 2.19 bits per heavy atom. The Hall–Kier alpha value is -2.61. The Balaban J connectivity index is 1.62. The number of rotatable bonds is 6. The average molecular weight is 361 g/mol. The van der Waals surface area contributed by atoms with Gasteiger partial charge in [0.2, 0.25) is 11.8 Å². The molecule has 8 nitrogen and oxygen atoms in total. The van der Waals surface area contributed by atoms with Gasteiger partial charge >= 0.3 is 5.97 Å². The predicted octanol–water partition coefficient (Wildman–Crippen LogP) is -0.499. The lowest BCUT2D eigenvalue weighted by Gasteiger charge is -2.23. The number of amides is 2. The van der Waals surface area contributed by atoms with E-state index in [-0.39, 0.29) is 18.2 Å². The average Bonchev–Trinajstić information content (AvgIpc) is 3.25. The summed E-state index contributed by atoms with van der Waals surface area (Å²) in [6.07, 6.45) is 0.830. The van der Waals surface area contributed by atoms with E-state index < -0.39 is 30.1 Å². The molecule has 1 aromatic carbocycles. The molecule has 2 amide bonds. The van der Waals surface area contributed by atoms with Crippen molar-refractivity contribution >= 4 is 17.8 Å². The van der Waals surface area contributed by atoms with Crippen molar-refractivity contribution in [2.75, 3.05) is 13.7 Å². The van der Waals surface area contributed by atoms with E-state index in [1.54, 1.807) is 0 Å². The zero-order chi connectivity index (χ0) is 18.7. The van der Waals surface area contributed by atoms with Crippen LogP contribution in [-0.4, -0.2) is 49.6 Å². The molecule has 1 aromatic rings. The fraction of sp³-hybridized carbons (Fsp3) is 0.500. The first-order valence-electron chi connectivity index (χ1n) is 8.65. The van der Waals surface area contributed by atoms with Crippen LogP contribution in [0.5, 0.6) is 5.75 Å². The molecule has 0 aliphatic carbocycles. The lowest BCUT2D eigenvalue weighted by atomic mass is 9.97. The number of hydrogen-bond acceptors (Lipinski definition) is 6. The number of nitrogens with two attached hydrogens (primary N) is 1. The SMILES string of the molecule is COC(=O)C(C[C@@H]1CCNC1=O)NC(=O)C(N)[C@@H]1Cc2ccccc2O1. The number of carbonyl (C=O) groups excluding carboxylic acids is 3. The summed E-state index contributed by atoms with van der Waals surface area (Å²) >= 11 is 0. The van der Waals surface area contributed by atoms with Crippen LogP contribution in [-0.2, 0) is 25.5 Å². The highest BCUT2D eigenvalue weighted by Crippen LogP contribution is 2.29. The van der Waals surface area contributed by atoms with Gasteiger partial charge in [-0.2, -0.15) is 0 Å². The van der Waals surface area contributed by atoms with Gasteiger partial charge in [-0.05, 0) is 24.5 Å². The highest BCUT2D eigenvalue weighted by Gasteiger charge is 2.36. The fourth-order valence-electron chi connectivity index (χ4n) is 3.36. The first-order chi connectivity index (χ1) is 12.5. The molecule has 2 aliphatic rings. The molecule has 26 heavy (non-hydrogen) atoms. The van der Waals surface area contributed by atoms with Crippen LogP contribution in [0.4, 0.5) is 0 Å². The van der Waals surface area contributed by atoms with E-state index in [9.17, 15) is 14.4 Å². The number of methoxy groups -OCH3 is 1. The molecule has 1 saturated heterocycles. The number of fused-ring (bicyclic) bond motifs is 1. The molecule has 4 N–H and O–H groups in total. The quantitative estimate of drug-likeness (QED) is 0.588. The first-order valence-corrected chi connectivity index (χ1v) is 8.65. The van der Waals surface area contributed by atoms with Gasteiger partial charge in [-0.25, -0.2) is 4.79 Å². The molecule has 2 aliphatic heterocycles. The number of carbonyl (C=O) groups is 3. The smallest absolute Gasteiger partial charge is 0.328 e. The van der Waals surface area contributed by atoms with Crippen molar-refractivity contribution in [1.29, 1.82) is 0 Å². The normalized spacial score (nSPS) is 23.4. The number of para-hydroxylation sites is 1. The number of hydrogen-bond donors (Lipinski definition) is 3. The molecule has 0 saturated carbocycles. The van der Waals surface area contributed by atoms with Crippen LogP contribution in [0.25, 0.3) is 0 Å². The Morgan fingerprint density at radius 3 is 2.85 bits per heavy atom. The van der Waals surface area contributed by atoms with E-state index >= 15 is 0 Å². The van der Waals surface area contributed by atoms with Gasteiger partial charge in [0.1, 0.15) is 23.9 Å². The second kappa shape index (κ2) is 7.74. The summed E-state index contributed by atoms with van der Waals surface area (Å²) in [5.41, 5.74) is 7.05. The van der Waals surface area contributed by atoms with E-state index in [0.29, 0.717) is 25.1 Å². The maximum atomic E-state index is 12.5. The van der Waals surface area contributed by atoms with Gasteiger partial charge in [0, 0.05) is 18.9 Å². The summed E-state index contributed by atoms with van der Waals surface area (Å²) < 4.78 is 10.5. The third-order valence-corrected chi connectivity index (χ3v) is 4.86. The van der Waals surface area contributed by atoms with Gasteiger partial charge in [0.15, 0.2) is 0 Å². The molecule has 0 bridgehead atoms. The topological polar surface area (TPSA) is 120 Å². The van der Waals surface area contributed by atoms with Crippen LogP contribution < -0.4 is 21.1 Å². The van der Waals surface area contributed by atoms with Crippen LogP contribution in [0.3, 0.4) is 0 Å². The van der Waals surface area contributed by atoms with Crippen LogP contribution in [0, 0.1) is 5.92 Å². The van der Waals surface area contributed by atoms with Gasteiger partial charge in [0.25, 0.3) is 0 Å². The van der Waals surface area contributed by atoms with Gasteiger partial charge in [-0.1, -0.05) is 18.2 Å². The fourth-order valence-corrected chi connectivity index (χ4v) is 3.36. The van der Waals surface area contributed by atoms with E-state index in [0.717, 1.165) is 5.56 Å². The Labute approximate surface area is 151 Å². The van der Waals surface area contributed by atoms with Crippen molar-refractivity contribution in [3.8, 4) is 5.75 Å². The summed E-state index contributed by atoms with van der Waals surface area (Å²) in [6.45, 7) is 0.568. The van der Waals surface area contributed by atoms with Crippen molar-refractivity contribution in [3.63, 3.8) is 0 Å². The standard InChI is InChI=1S/C18H23N3O5/c1-25-18(24)12(8-11-6-7-20-16(11)22)21-17(23)15(19)14-9-10-4-2-3-5-13(10)26-14/h2-5,11-12,14-15H,6-9,19H2,1H3,(H,20,22)(H,21,23)/t11-,12?,14-,15?/m0/s1. The molecule has 0 radical (unpaired) electrons. The maximum Gasteiger partial charge on any atom is 0.328 e. The third-order valence-electron chi connectivity index (χ3n) is 4.86. The molecule has 0 aromatic heterocycles. The van der Waals surface area contributed by atoms with Crippen LogP contribution in [0.15, 0.2) is 24.3 Å². The Kier molecular flexibility index (Phi) is 5.41. The predicted molar refractivity (Wildman–Crippen MR) is 92.2 cm³/mol. The minimum absolute atomic E-state index is 0.118. The summed E-state index contributed by atoms with van der Waals surface area (Å²) in [5.74, 6) is -0.833. The van der Waals surface area contributed by atoms with E-state index in [4.69, 9.17) is 15.2 Å². The molecule has 4 atom stereocenters. The maximum absolute atomic E-state index is 12.5. The summed E-state index contributed by atoms with van der Waals surface area (Å²) in [7, 11) is 1.24. The zero-order valence-electron chi connectivity index (χ0n) is 14.6. The molecule has 3 rings (SSSR count). The van der Waals surface area contributed by atoms with E-state index in [1.807, 2.05) is 24.3 Å². The third kappa shape index (κ3) is 3.80. The van der Waals surface area contributed by atoms with Crippen molar-refractivity contribution in [1.82, 2.24) is 10.6 Å². The molecule has 0 spiro atoms. The largest absolute Gasteiger partial charge is 0.488 e. The molecule has 140 valence electrons. The second-order valence-electron chi connectivity index (χ2n) is 6.59. The van der Waals surface area contributed by atoms with Gasteiger partial charge in [-0.15, -0.1) is 0 Å². The molecule has 8 heteroatoms. The monoisotopic (exact) mass is 361 g/mol. The number of benzene rings is 1. The Bertz CT molecular complexity index is 683. The summed E-state index contributed by atoms with van der Waals surface area (Å²) in [4.78, 5) is 36.3. The van der Waals surface area contributed by atoms with Gasteiger partial charge in [0.05, 0.1) is 7.11 Å². The van der Waals surface area contributed by atoms with Crippen LogP contribution in [0.2, 0.25) is 0 Å². The van der Waals surface area contributed by atoms with Gasteiger partial charge < -0.3 is 25.8 Å². The van der Waals surface area contributed by atoms with Crippen molar-refractivity contribution in [2.45, 2.75) is 37.5 Å². The van der Waals surface area contributed by atoms with Crippen molar-refractivity contribution in [3.05, 3.63) is 29.8 Å². The zero-order valence-corrected chi connectivity index (χ0v) is 14.6. The number of ether oxygens (including phenoxy) is 2. The molecule has 2 unspecified atom stereocenters. The van der Waals surface area contributed by atoms with Gasteiger partial charge in [-0.3, -0.25) is 9.59 Å². The van der Waals surface area contributed by atoms with E-state index in [2.05, 4.69) is 10.6 Å². The number of esters is 1. The highest BCUT2D eigenvalue weighted by atomic mass is 16.5. The van der Waals surface area contributed by atoms with Crippen LogP contribution >= 0.6 is 0 Å². The second-order valence-corrected chi connectivity index (χ2v) is 6.59. The Morgan fingerprint density at radius 1 is 1.42 bits per heavy atom. The highest BCUT2D eigenvalue weighted by molar-refractivity contribution is 5.89. The molecular formula is C18H23N3O5. The van der Waals surface area contributed by atoms with Crippen LogP contribution in [0.1, 0.15) is 18.4 Å². The summed E-state index contributed by atoms with van der Waals surface area (Å²) in [6, 6.07) is 5.65. The molecule has 1 fully saturated rings. The van der Waals surface area contributed by atoms with E-state index in [1.165, 1.54) is 7.11 Å². The molecule has 2 heterocycles. The minimum Gasteiger partial charge on any atom is -0.488 e. The minimum atomic E-state index is -0.938. The lowest BCUT2D eigenvalue weighted by Crippen LogP contribution is -2.54. The number of nitrogens with one attached hydrogen (secondary N) is 2. The first kappa shape index (κ1) is 18.2.